The topological polar surface area (TPSA) is 108 Å². The molecule has 6 nitrogen and oxygen atoms in total. The lowest BCUT2D eigenvalue weighted by Crippen LogP contribution is -2.35. The van der Waals surface area contributed by atoms with Crippen molar-refractivity contribution in [3.63, 3.8) is 0 Å². The average molecular weight is 186 g/mol. The number of carboxylic acid groups (broad SMARTS) is 1. The zero-order valence-corrected chi connectivity index (χ0v) is 7.05. The minimum atomic E-state index is -0.864. The summed E-state index contributed by atoms with van der Waals surface area (Å²) in [5, 5.41) is 21.6. The molecule has 0 aromatic rings. The van der Waals surface area contributed by atoms with Crippen molar-refractivity contribution in [2.24, 2.45) is 11.0 Å². The second-order valence-corrected chi connectivity index (χ2v) is 3.20. The molecule has 0 saturated heterocycles. The number of nitrogens with one attached hydrogen (secondary N) is 1. The van der Waals surface area contributed by atoms with Crippen LogP contribution >= 0.6 is 0 Å². The first kappa shape index (κ1) is 9.83. The molecule has 0 heterocycles. The number of carbonyl (C=O) groups is 1. The van der Waals surface area contributed by atoms with Crippen LogP contribution in [-0.2, 0) is 4.79 Å². The molecule has 1 saturated carbocycles. The standard InChI is InChI=1S/C7H11N3O3/c8-10-9-5-3-4(7(12)13)1-2-6(5)11/h4-6,8,11H,1-3H2/p+1. The van der Waals surface area contributed by atoms with Crippen molar-refractivity contribution in [3.05, 3.63) is 0 Å². The number of rotatable bonds is 2. The summed E-state index contributed by atoms with van der Waals surface area (Å²) in [5.74, 6) is -1.32. The van der Waals surface area contributed by atoms with Crippen LogP contribution in [0.1, 0.15) is 19.3 Å². The van der Waals surface area contributed by atoms with E-state index in [1.807, 2.05) is 0 Å². The molecular formula is C7H12N3O3+. The minimum absolute atomic E-state index is 0.277. The van der Waals surface area contributed by atoms with E-state index in [1.165, 1.54) is 0 Å². The number of aliphatic hydroxyl groups excluding tert-OH is 1. The molecule has 0 amide bonds. The van der Waals surface area contributed by atoms with Crippen LogP contribution in [0.3, 0.4) is 0 Å². The van der Waals surface area contributed by atoms with Gasteiger partial charge in [-0.15, -0.1) is 0 Å². The van der Waals surface area contributed by atoms with Gasteiger partial charge in [-0.25, -0.2) is 0 Å². The third kappa shape index (κ3) is 2.34. The molecule has 13 heavy (non-hydrogen) atoms. The largest absolute Gasteiger partial charge is 0.481 e. The second kappa shape index (κ2) is 4.11. The number of nitrogens with zero attached hydrogens (tertiary/aromatic N) is 2. The first-order chi connectivity index (χ1) is 6.15. The summed E-state index contributed by atoms with van der Waals surface area (Å²) in [4.78, 5) is 13.4. The van der Waals surface area contributed by atoms with Gasteiger partial charge in [0.05, 0.1) is 12.0 Å². The molecular weight excluding hydrogens is 174 g/mol. The monoisotopic (exact) mass is 186 g/mol. The molecule has 3 unspecified atom stereocenters. The molecule has 0 aromatic heterocycles. The highest BCUT2D eigenvalue weighted by Gasteiger charge is 2.35. The van der Waals surface area contributed by atoms with Gasteiger partial charge >= 0.3 is 5.97 Å². The van der Waals surface area contributed by atoms with Gasteiger partial charge in [0.2, 0.25) is 4.91 Å². The van der Waals surface area contributed by atoms with E-state index in [0.717, 1.165) is 0 Å². The van der Waals surface area contributed by atoms with Gasteiger partial charge in [-0.3, -0.25) is 4.79 Å². The molecule has 3 N–H and O–H groups in total. The van der Waals surface area contributed by atoms with Gasteiger partial charge < -0.3 is 10.2 Å². The Morgan fingerprint density at radius 3 is 2.77 bits per heavy atom. The van der Waals surface area contributed by atoms with E-state index < -0.39 is 24.0 Å². The summed E-state index contributed by atoms with van der Waals surface area (Å²) in [6.45, 7) is 0. The molecule has 72 valence electrons. The van der Waals surface area contributed by atoms with Crippen LogP contribution < -0.4 is 4.91 Å². The molecule has 1 fully saturated rings. The lowest BCUT2D eigenvalue weighted by molar-refractivity contribution is -0.143. The van der Waals surface area contributed by atoms with E-state index >= 15 is 0 Å². The number of carboxylic acids is 1. The smallest absolute Gasteiger partial charge is 0.306 e. The molecule has 1 aliphatic rings. The first-order valence-corrected chi connectivity index (χ1v) is 4.12. The highest BCUT2D eigenvalue weighted by molar-refractivity contribution is 5.70. The molecule has 3 atom stereocenters. The van der Waals surface area contributed by atoms with Gasteiger partial charge in [0.15, 0.2) is 6.04 Å². The average Bonchev–Trinajstić information content (AvgIpc) is 2.08. The van der Waals surface area contributed by atoms with Crippen molar-refractivity contribution in [2.75, 3.05) is 0 Å². The van der Waals surface area contributed by atoms with Crippen LogP contribution in [-0.4, -0.2) is 28.3 Å². The van der Waals surface area contributed by atoms with Crippen molar-refractivity contribution in [1.29, 1.82) is 5.53 Å². The second-order valence-electron chi connectivity index (χ2n) is 3.20. The number of aliphatic hydroxyl groups is 1. The zero-order chi connectivity index (χ0) is 9.84. The van der Waals surface area contributed by atoms with Gasteiger partial charge in [-0.2, -0.15) is 0 Å². The Labute approximate surface area is 74.8 Å². The number of hydrogen-bond donors (Lipinski definition) is 3. The van der Waals surface area contributed by atoms with Crippen molar-refractivity contribution in [2.45, 2.75) is 31.4 Å². The molecule has 0 aliphatic heterocycles. The zero-order valence-electron chi connectivity index (χ0n) is 7.05. The normalized spacial score (nSPS) is 33.5. The Morgan fingerprint density at radius 1 is 1.54 bits per heavy atom. The fraction of sp³-hybridized carbons (Fsp3) is 0.857. The molecule has 1 rings (SSSR count). The Kier molecular flexibility index (Phi) is 3.11. The summed E-state index contributed by atoms with van der Waals surface area (Å²) >= 11 is 0. The molecule has 1 aliphatic carbocycles. The van der Waals surface area contributed by atoms with Crippen LogP contribution in [0.5, 0.6) is 0 Å². The maximum Gasteiger partial charge on any atom is 0.306 e. The quantitative estimate of drug-likeness (QED) is 0.422. The minimum Gasteiger partial charge on any atom is -0.481 e. The Hall–Kier alpha value is -1.26. The Bertz CT molecular complexity index is 249. The van der Waals surface area contributed by atoms with Gasteiger partial charge in [-0.05, 0) is 19.3 Å². The molecule has 0 bridgehead atoms. The lowest BCUT2D eigenvalue weighted by atomic mass is 9.84. The Morgan fingerprint density at radius 2 is 2.23 bits per heavy atom. The van der Waals surface area contributed by atoms with Crippen molar-refractivity contribution < 1.29 is 15.0 Å². The highest BCUT2D eigenvalue weighted by atomic mass is 16.4. The summed E-state index contributed by atoms with van der Waals surface area (Å²) in [5.41, 5.74) is 6.50. The SMILES string of the molecule is N=[N+]=NC1CC(C(=O)O)CCC1O. The summed E-state index contributed by atoms with van der Waals surface area (Å²) in [6.07, 6.45) is 0.518. The van der Waals surface area contributed by atoms with E-state index in [-0.39, 0.29) is 6.42 Å². The van der Waals surface area contributed by atoms with Crippen molar-refractivity contribution >= 4 is 5.97 Å². The van der Waals surface area contributed by atoms with Crippen LogP contribution in [0.15, 0.2) is 5.11 Å². The lowest BCUT2D eigenvalue weighted by Gasteiger charge is -2.24. The van der Waals surface area contributed by atoms with E-state index in [0.29, 0.717) is 12.8 Å². The third-order valence-electron chi connectivity index (χ3n) is 2.34. The first-order valence-electron chi connectivity index (χ1n) is 4.12. The van der Waals surface area contributed by atoms with E-state index in [1.54, 1.807) is 0 Å². The summed E-state index contributed by atoms with van der Waals surface area (Å²) in [6, 6.07) is -0.521. The summed E-state index contributed by atoms with van der Waals surface area (Å²) in [7, 11) is 0. The number of hydrogen-bond acceptors (Lipinski definition) is 4. The van der Waals surface area contributed by atoms with Crippen LogP contribution in [0.25, 0.3) is 0 Å². The molecule has 0 radical (unpaired) electrons. The van der Waals surface area contributed by atoms with Crippen LogP contribution in [0.2, 0.25) is 0 Å². The predicted octanol–water partition coefficient (Wildman–Crippen LogP) is 0.151. The van der Waals surface area contributed by atoms with E-state index in [4.69, 9.17) is 10.6 Å². The maximum absolute atomic E-state index is 10.6. The molecule has 0 spiro atoms. The fourth-order valence-electron chi connectivity index (χ4n) is 1.55. The molecule has 6 heteroatoms. The fourth-order valence-corrected chi connectivity index (χ4v) is 1.55. The predicted molar refractivity (Wildman–Crippen MR) is 42.1 cm³/mol. The number of aliphatic carboxylic acids is 1. The highest BCUT2D eigenvalue weighted by Crippen LogP contribution is 2.26. The third-order valence-corrected chi connectivity index (χ3v) is 2.34. The maximum atomic E-state index is 10.6. The van der Waals surface area contributed by atoms with E-state index in [9.17, 15) is 9.90 Å². The van der Waals surface area contributed by atoms with Crippen LogP contribution in [0, 0.1) is 11.4 Å². The van der Waals surface area contributed by atoms with Gasteiger partial charge in [0.1, 0.15) is 10.6 Å². The Balaban J connectivity index is 2.62. The van der Waals surface area contributed by atoms with Gasteiger partial charge in [0, 0.05) is 0 Å². The van der Waals surface area contributed by atoms with E-state index in [2.05, 4.69) is 10.0 Å². The van der Waals surface area contributed by atoms with Crippen molar-refractivity contribution in [1.82, 2.24) is 4.91 Å². The van der Waals surface area contributed by atoms with Crippen LogP contribution in [0.4, 0.5) is 0 Å². The van der Waals surface area contributed by atoms with Gasteiger partial charge in [0.25, 0.3) is 0 Å². The van der Waals surface area contributed by atoms with Gasteiger partial charge in [-0.1, -0.05) is 0 Å². The van der Waals surface area contributed by atoms with Crippen molar-refractivity contribution in [3.8, 4) is 0 Å². The summed E-state index contributed by atoms with van der Waals surface area (Å²) < 4.78 is 0. The molecule has 0 aromatic carbocycles.